The van der Waals surface area contributed by atoms with Crippen LogP contribution in [0.4, 0.5) is 8.78 Å². The Hall–Kier alpha value is -0.780. The van der Waals surface area contributed by atoms with Gasteiger partial charge in [-0.25, -0.2) is 8.78 Å². The van der Waals surface area contributed by atoms with Gasteiger partial charge in [0.1, 0.15) is 0 Å². The molecule has 1 N–H and O–H groups in total. The average molecular weight is 360 g/mol. The molecule has 0 saturated carbocycles. The van der Waals surface area contributed by atoms with E-state index in [0.29, 0.717) is 12.0 Å². The number of aryl methyl sites for hydroxylation is 1. The fourth-order valence-electron chi connectivity index (χ4n) is 2.17. The lowest BCUT2D eigenvalue weighted by Crippen LogP contribution is -2.23. The monoisotopic (exact) mass is 359 g/mol. The SMILES string of the molecule is CCNC(Cc1cccc(F)c1F)c1sc(C)cc1Br. The molecule has 0 saturated heterocycles. The summed E-state index contributed by atoms with van der Waals surface area (Å²) < 4.78 is 28.1. The highest BCUT2D eigenvalue weighted by Crippen LogP contribution is 2.34. The summed E-state index contributed by atoms with van der Waals surface area (Å²) in [4.78, 5) is 2.31. The fraction of sp³-hybridized carbons (Fsp3) is 0.333. The maximum Gasteiger partial charge on any atom is 0.162 e. The number of likely N-dealkylation sites (N-methyl/N-ethyl adjacent to an activating group) is 1. The molecule has 1 atom stereocenters. The Morgan fingerprint density at radius 1 is 1.35 bits per heavy atom. The Balaban J connectivity index is 2.30. The molecule has 2 aromatic rings. The van der Waals surface area contributed by atoms with Crippen molar-refractivity contribution in [3.05, 3.63) is 55.7 Å². The van der Waals surface area contributed by atoms with Crippen LogP contribution >= 0.6 is 27.3 Å². The molecule has 0 bridgehead atoms. The maximum atomic E-state index is 13.8. The van der Waals surface area contributed by atoms with Crippen LogP contribution < -0.4 is 5.32 Å². The first-order chi connectivity index (χ1) is 9.52. The molecular weight excluding hydrogens is 344 g/mol. The van der Waals surface area contributed by atoms with Gasteiger partial charge in [0, 0.05) is 20.3 Å². The van der Waals surface area contributed by atoms with Crippen molar-refractivity contribution in [2.24, 2.45) is 0 Å². The Labute approximate surface area is 130 Å². The molecule has 0 fully saturated rings. The third kappa shape index (κ3) is 3.45. The number of nitrogens with one attached hydrogen (secondary N) is 1. The van der Waals surface area contributed by atoms with Crippen LogP contribution in [0.5, 0.6) is 0 Å². The van der Waals surface area contributed by atoms with Crippen molar-refractivity contribution in [3.8, 4) is 0 Å². The van der Waals surface area contributed by atoms with Crippen LogP contribution in [0.1, 0.15) is 28.3 Å². The molecular formula is C15H16BrF2NS. The molecule has 0 aliphatic rings. The quantitative estimate of drug-likeness (QED) is 0.792. The second kappa shape index (κ2) is 6.78. The zero-order chi connectivity index (χ0) is 14.7. The molecule has 108 valence electrons. The van der Waals surface area contributed by atoms with Gasteiger partial charge < -0.3 is 5.32 Å². The van der Waals surface area contributed by atoms with Crippen LogP contribution in [-0.2, 0) is 6.42 Å². The van der Waals surface area contributed by atoms with Gasteiger partial charge in [0.05, 0.1) is 0 Å². The molecule has 1 nitrogen and oxygen atoms in total. The van der Waals surface area contributed by atoms with Crippen LogP contribution in [0.3, 0.4) is 0 Å². The lowest BCUT2D eigenvalue weighted by atomic mass is 10.0. The molecule has 1 aromatic carbocycles. The van der Waals surface area contributed by atoms with Crippen molar-refractivity contribution in [1.29, 1.82) is 0 Å². The first-order valence-electron chi connectivity index (χ1n) is 6.45. The highest BCUT2D eigenvalue weighted by Gasteiger charge is 2.19. The van der Waals surface area contributed by atoms with Crippen LogP contribution in [-0.4, -0.2) is 6.54 Å². The van der Waals surface area contributed by atoms with E-state index in [4.69, 9.17) is 0 Å². The second-order valence-corrected chi connectivity index (χ2v) is 6.74. The first kappa shape index (κ1) is 15.6. The molecule has 5 heteroatoms. The highest BCUT2D eigenvalue weighted by atomic mass is 79.9. The van der Waals surface area contributed by atoms with Gasteiger partial charge in [-0.15, -0.1) is 11.3 Å². The van der Waals surface area contributed by atoms with Crippen molar-refractivity contribution in [3.63, 3.8) is 0 Å². The van der Waals surface area contributed by atoms with Crippen molar-refractivity contribution in [2.75, 3.05) is 6.54 Å². The molecule has 1 heterocycles. The summed E-state index contributed by atoms with van der Waals surface area (Å²) in [6.45, 7) is 4.80. The van der Waals surface area contributed by atoms with E-state index in [9.17, 15) is 8.78 Å². The number of halogens is 3. The van der Waals surface area contributed by atoms with Gasteiger partial charge >= 0.3 is 0 Å². The minimum Gasteiger partial charge on any atom is -0.309 e. The van der Waals surface area contributed by atoms with E-state index >= 15 is 0 Å². The van der Waals surface area contributed by atoms with Crippen LogP contribution in [0.25, 0.3) is 0 Å². The number of hydrogen-bond acceptors (Lipinski definition) is 2. The largest absolute Gasteiger partial charge is 0.309 e. The third-order valence-electron chi connectivity index (χ3n) is 3.06. The molecule has 0 spiro atoms. The molecule has 2 rings (SSSR count). The smallest absolute Gasteiger partial charge is 0.162 e. The van der Waals surface area contributed by atoms with Crippen molar-refractivity contribution >= 4 is 27.3 Å². The minimum absolute atomic E-state index is 0.0237. The van der Waals surface area contributed by atoms with Gasteiger partial charge in [0.2, 0.25) is 0 Å². The van der Waals surface area contributed by atoms with Gasteiger partial charge in [-0.3, -0.25) is 0 Å². The summed E-state index contributed by atoms with van der Waals surface area (Å²) in [6, 6.07) is 6.35. The van der Waals surface area contributed by atoms with Gasteiger partial charge in [-0.05, 0) is 53.5 Å². The fourth-order valence-corrected chi connectivity index (χ4v) is 4.17. The standard InChI is InChI=1S/C15H16BrF2NS/c1-3-19-13(15-11(16)7-9(2)20-15)8-10-5-4-6-12(17)14(10)18/h4-7,13,19H,3,8H2,1-2H3. The van der Waals surface area contributed by atoms with Gasteiger partial charge in [-0.2, -0.15) is 0 Å². The topological polar surface area (TPSA) is 12.0 Å². The molecule has 0 radical (unpaired) electrons. The predicted molar refractivity (Wildman–Crippen MR) is 83.2 cm³/mol. The summed E-state index contributed by atoms with van der Waals surface area (Å²) in [5.41, 5.74) is 0.397. The normalized spacial score (nSPS) is 12.7. The Bertz CT molecular complexity index is 598. The molecule has 0 amide bonds. The summed E-state index contributed by atoms with van der Waals surface area (Å²) in [6.07, 6.45) is 0.427. The third-order valence-corrected chi connectivity index (χ3v) is 5.14. The van der Waals surface area contributed by atoms with Crippen molar-refractivity contribution in [1.82, 2.24) is 5.32 Å². The zero-order valence-electron chi connectivity index (χ0n) is 11.3. The predicted octanol–water partition coefficient (Wildman–Crippen LogP) is 4.99. The first-order valence-corrected chi connectivity index (χ1v) is 8.06. The van der Waals surface area contributed by atoms with Gasteiger partial charge in [0.25, 0.3) is 0 Å². The molecule has 0 aliphatic heterocycles. The van der Waals surface area contributed by atoms with Crippen molar-refractivity contribution in [2.45, 2.75) is 26.3 Å². The molecule has 1 unspecified atom stereocenters. The van der Waals surface area contributed by atoms with E-state index < -0.39 is 11.6 Å². The number of thiophene rings is 1. The van der Waals surface area contributed by atoms with E-state index in [-0.39, 0.29) is 6.04 Å². The average Bonchev–Trinajstić information content (AvgIpc) is 2.73. The maximum absolute atomic E-state index is 13.8. The number of hydrogen-bond donors (Lipinski definition) is 1. The van der Waals surface area contributed by atoms with Crippen molar-refractivity contribution < 1.29 is 8.78 Å². The number of benzene rings is 1. The Morgan fingerprint density at radius 3 is 2.70 bits per heavy atom. The summed E-state index contributed by atoms with van der Waals surface area (Å²) in [5, 5.41) is 3.34. The van der Waals surface area contributed by atoms with E-state index in [1.807, 2.05) is 19.9 Å². The Morgan fingerprint density at radius 2 is 2.10 bits per heavy atom. The molecule has 1 aromatic heterocycles. The zero-order valence-corrected chi connectivity index (χ0v) is 13.7. The van der Waals surface area contributed by atoms with Crippen LogP contribution in [0.2, 0.25) is 0 Å². The highest BCUT2D eigenvalue weighted by molar-refractivity contribution is 9.10. The van der Waals surface area contributed by atoms with E-state index in [0.717, 1.165) is 22.0 Å². The minimum atomic E-state index is -0.792. The summed E-state index contributed by atoms with van der Waals surface area (Å²) in [7, 11) is 0. The summed E-state index contributed by atoms with van der Waals surface area (Å²) in [5.74, 6) is -1.54. The van der Waals surface area contributed by atoms with Crippen LogP contribution in [0, 0.1) is 18.6 Å². The van der Waals surface area contributed by atoms with Crippen LogP contribution in [0.15, 0.2) is 28.7 Å². The molecule has 20 heavy (non-hydrogen) atoms. The van der Waals surface area contributed by atoms with Gasteiger partial charge in [0.15, 0.2) is 11.6 Å². The molecule has 0 aliphatic carbocycles. The lowest BCUT2D eigenvalue weighted by Gasteiger charge is -2.18. The lowest BCUT2D eigenvalue weighted by molar-refractivity contribution is 0.482. The second-order valence-electron chi connectivity index (χ2n) is 4.60. The Kier molecular flexibility index (Phi) is 5.29. The van der Waals surface area contributed by atoms with E-state index in [1.165, 1.54) is 4.88 Å². The van der Waals surface area contributed by atoms with E-state index in [2.05, 4.69) is 21.2 Å². The summed E-state index contributed by atoms with van der Waals surface area (Å²) >= 11 is 5.20. The number of rotatable bonds is 5. The van der Waals surface area contributed by atoms with Gasteiger partial charge in [-0.1, -0.05) is 19.1 Å². The van der Waals surface area contributed by atoms with E-state index in [1.54, 1.807) is 23.5 Å².